The summed E-state index contributed by atoms with van der Waals surface area (Å²) in [5.41, 5.74) is 1.08. The van der Waals surface area contributed by atoms with Crippen LogP contribution >= 0.6 is 0 Å². The van der Waals surface area contributed by atoms with Crippen LogP contribution in [0.4, 0.5) is 5.69 Å². The molecule has 0 aliphatic carbocycles. The van der Waals surface area contributed by atoms with E-state index in [1.165, 1.54) is 17.7 Å². The van der Waals surface area contributed by atoms with Crippen LogP contribution in [0.2, 0.25) is 0 Å². The quantitative estimate of drug-likeness (QED) is 0.453. The first-order valence-corrected chi connectivity index (χ1v) is 9.55. The number of nitrogens with one attached hydrogen (secondary N) is 1. The molecule has 0 aliphatic rings. The molecule has 2 rings (SSSR count). The molecular weight excluding hydrogens is 356 g/mol. The monoisotopic (exact) mass is 378 g/mol. The van der Waals surface area contributed by atoms with E-state index in [4.69, 9.17) is 4.74 Å². The summed E-state index contributed by atoms with van der Waals surface area (Å²) in [7, 11) is -3.74. The van der Waals surface area contributed by atoms with Crippen LogP contribution in [0.3, 0.4) is 0 Å². The Hall–Kier alpha value is -2.45. The molecule has 2 aromatic rings. The first-order valence-electron chi connectivity index (χ1n) is 8.07. The average Bonchev–Trinajstić information content (AvgIpc) is 2.58. The Morgan fingerprint density at radius 1 is 1.04 bits per heavy atom. The van der Waals surface area contributed by atoms with Crippen LogP contribution in [-0.2, 0) is 15.4 Å². The fraction of sp³-hybridized carbons (Fsp3) is 0.333. The van der Waals surface area contributed by atoms with Gasteiger partial charge in [-0.3, -0.25) is 10.1 Å². The van der Waals surface area contributed by atoms with Gasteiger partial charge < -0.3 is 4.74 Å². The van der Waals surface area contributed by atoms with Crippen LogP contribution in [0.15, 0.2) is 53.4 Å². The zero-order valence-electron chi connectivity index (χ0n) is 14.9. The topological polar surface area (TPSA) is 98.5 Å². The van der Waals surface area contributed by atoms with Crippen LogP contribution in [0.25, 0.3) is 0 Å². The Morgan fingerprint density at radius 2 is 1.62 bits per heavy atom. The van der Waals surface area contributed by atoms with Crippen molar-refractivity contribution in [2.24, 2.45) is 0 Å². The summed E-state index contributed by atoms with van der Waals surface area (Å²) in [6.07, 6.45) is 0. The largest absolute Gasteiger partial charge is 0.492 e. The van der Waals surface area contributed by atoms with E-state index >= 15 is 0 Å². The molecule has 0 saturated carbocycles. The summed E-state index contributed by atoms with van der Waals surface area (Å²) in [6, 6.07) is 12.4. The van der Waals surface area contributed by atoms with Gasteiger partial charge in [0, 0.05) is 18.7 Å². The summed E-state index contributed by atoms with van der Waals surface area (Å²) in [5, 5.41) is 10.6. The summed E-state index contributed by atoms with van der Waals surface area (Å²) in [4.78, 5) is 10.00. The van der Waals surface area contributed by atoms with Crippen molar-refractivity contribution in [1.82, 2.24) is 4.72 Å². The fourth-order valence-electron chi connectivity index (χ4n) is 2.23. The molecule has 0 spiro atoms. The van der Waals surface area contributed by atoms with Crippen LogP contribution in [0.1, 0.15) is 26.3 Å². The summed E-state index contributed by atoms with van der Waals surface area (Å²) in [5.74, 6) is 0.660. The minimum Gasteiger partial charge on any atom is -0.492 e. The highest BCUT2D eigenvalue weighted by atomic mass is 32.2. The lowest BCUT2D eigenvalue weighted by molar-refractivity contribution is -0.384. The molecule has 0 amide bonds. The molecule has 0 saturated heterocycles. The van der Waals surface area contributed by atoms with Crippen molar-refractivity contribution in [1.29, 1.82) is 0 Å². The zero-order valence-corrected chi connectivity index (χ0v) is 15.7. The van der Waals surface area contributed by atoms with E-state index in [1.54, 1.807) is 0 Å². The molecule has 0 fully saturated rings. The number of hydrogen-bond donors (Lipinski definition) is 1. The van der Waals surface area contributed by atoms with Crippen LogP contribution in [0, 0.1) is 10.1 Å². The normalized spacial score (nSPS) is 12.0. The number of nitrogens with zero attached hydrogens (tertiary/aromatic N) is 1. The molecule has 140 valence electrons. The molecule has 0 atom stereocenters. The van der Waals surface area contributed by atoms with Gasteiger partial charge in [-0.2, -0.15) is 0 Å². The van der Waals surface area contributed by atoms with E-state index < -0.39 is 14.9 Å². The number of hydrogen-bond acceptors (Lipinski definition) is 5. The molecule has 8 heteroatoms. The third kappa shape index (κ3) is 5.27. The van der Waals surface area contributed by atoms with Gasteiger partial charge >= 0.3 is 0 Å². The highest BCUT2D eigenvalue weighted by molar-refractivity contribution is 7.89. The standard InChI is InChI=1S/C18H22N2O5S/c1-18(2,3)14-4-8-16(9-5-14)25-13-12-19-26(23,24)17-10-6-15(7-11-17)20(21)22/h4-11,19H,12-13H2,1-3H3. The molecule has 0 radical (unpaired) electrons. The molecule has 0 heterocycles. The van der Waals surface area contributed by atoms with E-state index in [9.17, 15) is 18.5 Å². The molecule has 2 aromatic carbocycles. The Labute approximate surface area is 153 Å². The number of nitro groups is 1. The average molecular weight is 378 g/mol. The Balaban J connectivity index is 1.87. The first kappa shape index (κ1) is 19.9. The lowest BCUT2D eigenvalue weighted by Crippen LogP contribution is -2.28. The predicted octanol–water partition coefficient (Wildman–Crippen LogP) is 3.25. The van der Waals surface area contributed by atoms with Gasteiger partial charge in [-0.1, -0.05) is 32.9 Å². The van der Waals surface area contributed by atoms with Crippen molar-refractivity contribution in [3.8, 4) is 5.75 Å². The molecule has 26 heavy (non-hydrogen) atoms. The molecule has 7 nitrogen and oxygen atoms in total. The second kappa shape index (κ2) is 7.84. The highest BCUT2D eigenvalue weighted by Gasteiger charge is 2.16. The Bertz CT molecular complexity index is 854. The van der Waals surface area contributed by atoms with Gasteiger partial charge in [0.15, 0.2) is 0 Å². The SMILES string of the molecule is CC(C)(C)c1ccc(OCCNS(=O)(=O)c2ccc([N+](=O)[O-])cc2)cc1. The lowest BCUT2D eigenvalue weighted by atomic mass is 9.87. The minimum atomic E-state index is -3.74. The van der Waals surface area contributed by atoms with Crippen molar-refractivity contribution in [2.75, 3.05) is 13.2 Å². The maximum atomic E-state index is 12.1. The van der Waals surface area contributed by atoms with Crippen molar-refractivity contribution < 1.29 is 18.1 Å². The first-order chi connectivity index (χ1) is 12.1. The van der Waals surface area contributed by atoms with Crippen LogP contribution in [-0.4, -0.2) is 26.5 Å². The van der Waals surface area contributed by atoms with Gasteiger partial charge in [0.05, 0.1) is 9.82 Å². The summed E-state index contributed by atoms with van der Waals surface area (Å²) < 4.78 is 32.2. The number of ether oxygens (including phenoxy) is 1. The number of benzene rings is 2. The smallest absolute Gasteiger partial charge is 0.269 e. The number of sulfonamides is 1. The van der Waals surface area contributed by atoms with Crippen molar-refractivity contribution in [3.05, 3.63) is 64.2 Å². The van der Waals surface area contributed by atoms with Gasteiger partial charge in [-0.25, -0.2) is 13.1 Å². The van der Waals surface area contributed by atoms with Crippen molar-refractivity contribution >= 4 is 15.7 Å². The molecule has 0 bridgehead atoms. The minimum absolute atomic E-state index is 0.0300. The van der Waals surface area contributed by atoms with Gasteiger partial charge in [-0.05, 0) is 35.2 Å². The van der Waals surface area contributed by atoms with Gasteiger partial charge in [-0.15, -0.1) is 0 Å². The maximum absolute atomic E-state index is 12.1. The Morgan fingerprint density at radius 3 is 2.12 bits per heavy atom. The summed E-state index contributed by atoms with van der Waals surface area (Å²) >= 11 is 0. The third-order valence-corrected chi connectivity index (χ3v) is 5.22. The Kier molecular flexibility index (Phi) is 5.99. The van der Waals surface area contributed by atoms with Crippen LogP contribution < -0.4 is 9.46 Å². The van der Waals surface area contributed by atoms with Gasteiger partial charge in [0.2, 0.25) is 10.0 Å². The molecule has 1 N–H and O–H groups in total. The molecule has 0 aliphatic heterocycles. The molecule has 0 unspecified atom stereocenters. The van der Waals surface area contributed by atoms with E-state index in [0.29, 0.717) is 5.75 Å². The van der Waals surface area contributed by atoms with E-state index in [1.807, 2.05) is 24.3 Å². The number of non-ortho nitro benzene ring substituents is 1. The summed E-state index contributed by atoms with van der Waals surface area (Å²) in [6.45, 7) is 6.61. The molecular formula is C18H22N2O5S. The van der Waals surface area contributed by atoms with Gasteiger partial charge in [0.25, 0.3) is 5.69 Å². The zero-order chi connectivity index (χ0) is 19.4. The van der Waals surface area contributed by atoms with Crippen LogP contribution in [0.5, 0.6) is 5.75 Å². The second-order valence-corrected chi connectivity index (χ2v) is 8.54. The molecule has 0 aromatic heterocycles. The van der Waals surface area contributed by atoms with Gasteiger partial charge in [0.1, 0.15) is 12.4 Å². The van der Waals surface area contributed by atoms with Crippen molar-refractivity contribution in [3.63, 3.8) is 0 Å². The predicted molar refractivity (Wildman–Crippen MR) is 98.9 cm³/mol. The number of rotatable bonds is 7. The highest BCUT2D eigenvalue weighted by Crippen LogP contribution is 2.24. The second-order valence-electron chi connectivity index (χ2n) is 6.77. The van der Waals surface area contributed by atoms with Crippen molar-refractivity contribution in [2.45, 2.75) is 31.1 Å². The third-order valence-electron chi connectivity index (χ3n) is 3.74. The fourth-order valence-corrected chi connectivity index (χ4v) is 3.24. The van der Waals surface area contributed by atoms with E-state index in [0.717, 1.165) is 12.1 Å². The lowest BCUT2D eigenvalue weighted by Gasteiger charge is -2.19. The maximum Gasteiger partial charge on any atom is 0.269 e. The van der Waals surface area contributed by atoms with E-state index in [-0.39, 0.29) is 29.1 Å². The number of nitro benzene ring substituents is 1. The van der Waals surface area contributed by atoms with E-state index in [2.05, 4.69) is 25.5 Å².